The molecule has 0 amide bonds. The maximum Gasteiger partial charge on any atom is 0.534 e. The van der Waals surface area contributed by atoms with Gasteiger partial charge in [-0.1, -0.05) is 24.6 Å². The second kappa shape index (κ2) is 11.6. The summed E-state index contributed by atoms with van der Waals surface area (Å²) in [6.45, 7) is 3.51. The van der Waals surface area contributed by atoms with Crippen LogP contribution in [0.15, 0.2) is 36.5 Å². The summed E-state index contributed by atoms with van der Waals surface area (Å²) >= 11 is 6.03. The number of alkyl halides is 6. The molecule has 1 aromatic heterocycles. The molecule has 1 aliphatic rings. The Morgan fingerprint density at radius 1 is 1.15 bits per heavy atom. The molecule has 2 atom stereocenters. The van der Waals surface area contributed by atoms with E-state index < -0.39 is 49.7 Å². The number of aromatic nitrogens is 1. The monoisotopic (exact) mass is 618 g/mol. The number of ether oxygens (including phenoxy) is 1. The van der Waals surface area contributed by atoms with Crippen LogP contribution in [-0.4, -0.2) is 55.9 Å². The number of esters is 1. The van der Waals surface area contributed by atoms with Gasteiger partial charge in [0, 0.05) is 36.3 Å². The molecule has 1 aliphatic heterocycles. The van der Waals surface area contributed by atoms with Gasteiger partial charge in [0.2, 0.25) is 0 Å². The fourth-order valence-corrected chi connectivity index (χ4v) is 5.19. The van der Waals surface area contributed by atoms with Crippen LogP contribution in [0, 0.1) is 5.92 Å². The van der Waals surface area contributed by atoms with Crippen LogP contribution in [0.25, 0.3) is 0 Å². The van der Waals surface area contributed by atoms with Crippen molar-refractivity contribution in [1.29, 1.82) is 0 Å². The molecule has 3 rings (SSSR count). The van der Waals surface area contributed by atoms with E-state index in [2.05, 4.69) is 9.17 Å². The molecule has 40 heavy (non-hydrogen) atoms. The minimum atomic E-state index is -6.05. The van der Waals surface area contributed by atoms with Crippen molar-refractivity contribution >= 4 is 33.5 Å². The summed E-state index contributed by atoms with van der Waals surface area (Å²) in [7, 11) is -6.05. The number of aliphatic hydroxyl groups is 1. The van der Waals surface area contributed by atoms with Gasteiger partial charge in [-0.25, -0.2) is 4.98 Å². The van der Waals surface area contributed by atoms with Crippen molar-refractivity contribution in [3.63, 3.8) is 0 Å². The zero-order valence-corrected chi connectivity index (χ0v) is 22.7. The fraction of sp³-hybridized carbons (Fsp3) is 0.500. The number of rotatable bonds is 8. The first-order valence-electron chi connectivity index (χ1n) is 11.9. The second-order valence-corrected chi connectivity index (χ2v) is 11.0. The number of piperidine rings is 1. The molecule has 0 saturated carbocycles. The largest absolute Gasteiger partial charge is 0.534 e. The molecule has 1 fully saturated rings. The highest BCUT2D eigenvalue weighted by atomic mass is 35.5. The van der Waals surface area contributed by atoms with E-state index in [9.17, 15) is 44.7 Å². The number of pyridine rings is 1. The number of hydrogen-bond donors (Lipinski definition) is 1. The number of nitrogens with zero attached hydrogens (tertiary/aromatic N) is 2. The molecule has 2 heterocycles. The lowest BCUT2D eigenvalue weighted by molar-refractivity contribution is -0.274. The first kappa shape index (κ1) is 31.7. The minimum Gasteiger partial charge on any atom is -0.466 e. The van der Waals surface area contributed by atoms with Crippen molar-refractivity contribution in [3.8, 4) is 5.75 Å². The molecule has 2 aromatic rings. The maximum atomic E-state index is 14.5. The molecule has 222 valence electrons. The lowest BCUT2D eigenvalue weighted by Crippen LogP contribution is -2.47. The number of carbonyl (C=O) groups is 1. The molecule has 0 bridgehead atoms. The van der Waals surface area contributed by atoms with Gasteiger partial charge in [-0.15, -0.1) is 0 Å². The van der Waals surface area contributed by atoms with Crippen molar-refractivity contribution in [2.75, 3.05) is 24.6 Å². The van der Waals surface area contributed by atoms with Crippen LogP contribution in [-0.2, 0) is 25.3 Å². The normalized spacial score (nSPS) is 17.7. The van der Waals surface area contributed by atoms with Gasteiger partial charge in [-0.05, 0) is 49.1 Å². The third-order valence-electron chi connectivity index (χ3n) is 6.61. The summed E-state index contributed by atoms with van der Waals surface area (Å²) in [6, 6.07) is 4.19. The summed E-state index contributed by atoms with van der Waals surface area (Å²) in [5.74, 6) is -3.29. The molecule has 0 radical (unpaired) electrons. The third-order valence-corrected chi connectivity index (χ3v) is 7.92. The molecule has 1 aromatic carbocycles. The predicted molar refractivity (Wildman–Crippen MR) is 131 cm³/mol. The molecule has 8 nitrogen and oxygen atoms in total. The molecule has 2 unspecified atom stereocenters. The molecule has 0 spiro atoms. The van der Waals surface area contributed by atoms with E-state index in [4.69, 9.17) is 16.3 Å². The quantitative estimate of drug-likeness (QED) is 0.184. The molecule has 1 N–H and O–H groups in total. The summed E-state index contributed by atoms with van der Waals surface area (Å²) in [5.41, 5.74) is -10.2. The van der Waals surface area contributed by atoms with Gasteiger partial charge >= 0.3 is 27.8 Å². The van der Waals surface area contributed by atoms with E-state index in [1.54, 1.807) is 11.8 Å². The Kier molecular flexibility index (Phi) is 9.21. The van der Waals surface area contributed by atoms with Crippen LogP contribution in [0.5, 0.6) is 5.75 Å². The Labute approximate surface area is 231 Å². The van der Waals surface area contributed by atoms with Crippen molar-refractivity contribution in [3.05, 3.63) is 52.7 Å². The number of anilines is 1. The summed E-state index contributed by atoms with van der Waals surface area (Å²) in [4.78, 5) is 17.8. The Balaban J connectivity index is 1.92. The fourth-order valence-electron chi connectivity index (χ4n) is 4.40. The summed E-state index contributed by atoms with van der Waals surface area (Å²) < 4.78 is 113. The van der Waals surface area contributed by atoms with Gasteiger partial charge in [0.25, 0.3) is 0 Å². The van der Waals surface area contributed by atoms with E-state index in [0.29, 0.717) is 38.1 Å². The lowest BCUT2D eigenvalue weighted by atomic mass is 9.78. The van der Waals surface area contributed by atoms with Crippen LogP contribution in [0.2, 0.25) is 5.02 Å². The molecule has 16 heteroatoms. The first-order valence-corrected chi connectivity index (χ1v) is 13.7. The van der Waals surface area contributed by atoms with Gasteiger partial charge in [-0.2, -0.15) is 34.8 Å². The number of benzene rings is 1. The van der Waals surface area contributed by atoms with Gasteiger partial charge in [0.15, 0.2) is 5.60 Å². The van der Waals surface area contributed by atoms with Gasteiger partial charge < -0.3 is 18.9 Å². The van der Waals surface area contributed by atoms with Crippen molar-refractivity contribution in [2.45, 2.75) is 49.9 Å². The van der Waals surface area contributed by atoms with E-state index in [0.717, 1.165) is 31.3 Å². The van der Waals surface area contributed by atoms with Gasteiger partial charge in [0.05, 0.1) is 12.5 Å². The molecular weight excluding hydrogens is 594 g/mol. The average molecular weight is 619 g/mol. The minimum absolute atomic E-state index is 0.127. The second-order valence-electron chi connectivity index (χ2n) is 9.07. The topological polar surface area (TPSA) is 106 Å². The summed E-state index contributed by atoms with van der Waals surface area (Å²) in [5, 5.41) is 10.6. The number of hydrogen-bond acceptors (Lipinski definition) is 8. The number of halogens is 7. The van der Waals surface area contributed by atoms with Crippen LogP contribution in [0.3, 0.4) is 0 Å². The Hall–Kier alpha value is -2.78. The summed E-state index contributed by atoms with van der Waals surface area (Å²) in [6.07, 6.45) is -3.40. The van der Waals surface area contributed by atoms with Crippen molar-refractivity contribution in [2.24, 2.45) is 5.92 Å². The van der Waals surface area contributed by atoms with Crippen molar-refractivity contribution in [1.82, 2.24) is 4.98 Å². The number of carbonyl (C=O) groups excluding carboxylic acids is 1. The highest BCUT2D eigenvalue weighted by Gasteiger charge is 2.59. The van der Waals surface area contributed by atoms with Gasteiger partial charge in [0.1, 0.15) is 11.6 Å². The Bertz CT molecular complexity index is 1330. The van der Waals surface area contributed by atoms with Crippen LogP contribution >= 0.6 is 11.6 Å². The van der Waals surface area contributed by atoms with E-state index >= 15 is 0 Å². The van der Waals surface area contributed by atoms with Crippen molar-refractivity contribution < 1.29 is 53.6 Å². The average Bonchev–Trinajstić information content (AvgIpc) is 2.86. The highest BCUT2D eigenvalue weighted by Crippen LogP contribution is 2.50. The SMILES string of the molecule is CCOC(=O)C1CCN(c2cc(C(O)(C(C)c3ccc(OS(=O)(=O)C(F)(F)F)cc3Cl)C(F)(F)F)ccn2)CC1. The van der Waals surface area contributed by atoms with Crippen LogP contribution in [0.1, 0.15) is 43.7 Å². The Morgan fingerprint density at radius 2 is 1.77 bits per heavy atom. The smallest absolute Gasteiger partial charge is 0.466 e. The third kappa shape index (κ3) is 6.41. The van der Waals surface area contributed by atoms with Crippen LogP contribution < -0.4 is 9.08 Å². The lowest BCUT2D eigenvalue weighted by Gasteiger charge is -2.38. The zero-order valence-electron chi connectivity index (χ0n) is 21.1. The molecular formula is C24H25ClF6N2O6S. The zero-order chi connectivity index (χ0) is 30.1. The van der Waals surface area contributed by atoms with Gasteiger partial charge in [-0.3, -0.25) is 4.79 Å². The standard InChI is InChI=1S/C24H25ClF6N2O6S/c1-3-38-21(34)15-7-10-33(11-8-15)20-12-16(6-9-32-20)22(35,23(26,27)28)14(2)18-5-4-17(13-19(18)25)39-40(36,37)24(29,30)31/h4-6,9,12-15,35H,3,7-8,10-11H2,1-2H3. The van der Waals surface area contributed by atoms with E-state index in [-0.39, 0.29) is 29.9 Å². The Morgan fingerprint density at radius 3 is 2.30 bits per heavy atom. The highest BCUT2D eigenvalue weighted by molar-refractivity contribution is 7.88. The molecule has 1 saturated heterocycles. The van der Waals surface area contributed by atoms with Crippen LogP contribution in [0.4, 0.5) is 32.2 Å². The van der Waals surface area contributed by atoms with E-state index in [1.165, 1.54) is 0 Å². The molecule has 0 aliphatic carbocycles. The first-order chi connectivity index (χ1) is 18.4. The predicted octanol–water partition coefficient (Wildman–Crippen LogP) is 5.30. The van der Waals surface area contributed by atoms with E-state index in [1.807, 2.05) is 0 Å². The maximum absolute atomic E-state index is 14.5.